The predicted octanol–water partition coefficient (Wildman–Crippen LogP) is 4.47. The van der Waals surface area contributed by atoms with Gasteiger partial charge in [0, 0.05) is 10.2 Å². The molecular weight excluding hydrogens is 300 g/mol. The van der Waals surface area contributed by atoms with Crippen molar-refractivity contribution in [3.63, 3.8) is 0 Å². The molecule has 0 nitrogen and oxygen atoms in total. The Morgan fingerprint density at radius 2 is 2.25 bits per heavy atom. The van der Waals surface area contributed by atoms with Crippen LogP contribution in [0.4, 0.5) is 0 Å². The van der Waals surface area contributed by atoms with E-state index in [2.05, 4.69) is 50.9 Å². The largest absolute Gasteiger partial charge is 0.133 e. The molecule has 0 spiro atoms. The van der Waals surface area contributed by atoms with Crippen molar-refractivity contribution >= 4 is 43.2 Å². The van der Waals surface area contributed by atoms with Crippen molar-refractivity contribution in [3.8, 4) is 0 Å². The monoisotopic (exact) mass is 310 g/mol. The van der Waals surface area contributed by atoms with Crippen molar-refractivity contribution in [2.45, 2.75) is 19.8 Å². The molecule has 0 aliphatic heterocycles. The average Bonchev–Trinajstić information content (AvgIpc) is 2.47. The molecule has 1 aromatic rings. The van der Waals surface area contributed by atoms with E-state index in [1.807, 2.05) is 11.3 Å². The van der Waals surface area contributed by atoms with Gasteiger partial charge in [0.25, 0.3) is 0 Å². The Morgan fingerprint density at radius 3 is 2.67 bits per heavy atom. The molecule has 1 heterocycles. The minimum atomic E-state index is 0.788. The number of halogens is 2. The van der Waals surface area contributed by atoms with E-state index in [0.717, 1.165) is 11.2 Å². The first-order chi connectivity index (χ1) is 5.76. The molecule has 0 fully saturated rings. The molecule has 0 N–H and O–H groups in total. The normalized spacial score (nSPS) is 13.2. The van der Waals surface area contributed by atoms with Crippen LogP contribution >= 0.6 is 43.2 Å². The summed E-state index contributed by atoms with van der Waals surface area (Å²) in [5, 5.41) is 1.11. The number of alkyl halides is 1. The van der Waals surface area contributed by atoms with Crippen LogP contribution in [0.2, 0.25) is 0 Å². The zero-order valence-corrected chi connectivity index (χ0v) is 11.0. The van der Waals surface area contributed by atoms with Gasteiger partial charge in [0.15, 0.2) is 0 Å². The van der Waals surface area contributed by atoms with E-state index >= 15 is 0 Å². The molecule has 0 bridgehead atoms. The molecule has 1 rings (SSSR count). The van der Waals surface area contributed by atoms with Gasteiger partial charge in [-0.15, -0.1) is 11.3 Å². The highest BCUT2D eigenvalue weighted by Gasteiger charge is 2.06. The Labute approximate surface area is 94.6 Å². The van der Waals surface area contributed by atoms with Gasteiger partial charge in [0.2, 0.25) is 0 Å². The first-order valence-electron chi connectivity index (χ1n) is 4.06. The van der Waals surface area contributed by atoms with Crippen molar-refractivity contribution in [2.24, 2.45) is 5.92 Å². The number of thiophene rings is 1. The molecule has 0 radical (unpaired) electrons. The number of hydrogen-bond acceptors (Lipinski definition) is 1. The molecule has 0 amide bonds. The third-order valence-corrected chi connectivity index (χ3v) is 4.48. The zero-order chi connectivity index (χ0) is 8.97. The van der Waals surface area contributed by atoms with Crippen LogP contribution in [0.1, 0.15) is 18.2 Å². The van der Waals surface area contributed by atoms with Crippen molar-refractivity contribution in [1.29, 1.82) is 0 Å². The SMILES string of the molecule is CCC(CBr)Cc1ccc(Br)s1. The van der Waals surface area contributed by atoms with E-state index in [1.165, 1.54) is 21.5 Å². The fraction of sp³-hybridized carbons (Fsp3) is 0.556. The van der Waals surface area contributed by atoms with Crippen molar-refractivity contribution in [1.82, 2.24) is 0 Å². The maximum absolute atomic E-state index is 3.53. The molecule has 12 heavy (non-hydrogen) atoms. The van der Waals surface area contributed by atoms with E-state index in [0.29, 0.717) is 0 Å². The van der Waals surface area contributed by atoms with E-state index in [4.69, 9.17) is 0 Å². The summed E-state index contributed by atoms with van der Waals surface area (Å²) >= 11 is 8.85. The van der Waals surface area contributed by atoms with Crippen LogP contribution < -0.4 is 0 Å². The van der Waals surface area contributed by atoms with Crippen molar-refractivity contribution in [3.05, 3.63) is 20.8 Å². The molecule has 0 aliphatic carbocycles. The minimum Gasteiger partial charge on any atom is -0.133 e. The van der Waals surface area contributed by atoms with Gasteiger partial charge in [-0.3, -0.25) is 0 Å². The lowest BCUT2D eigenvalue weighted by molar-refractivity contribution is 0.578. The van der Waals surface area contributed by atoms with Gasteiger partial charge >= 0.3 is 0 Å². The molecule has 0 saturated carbocycles. The van der Waals surface area contributed by atoms with E-state index < -0.39 is 0 Å². The van der Waals surface area contributed by atoms with E-state index in [9.17, 15) is 0 Å². The zero-order valence-electron chi connectivity index (χ0n) is 7.02. The van der Waals surface area contributed by atoms with E-state index in [1.54, 1.807) is 0 Å². The maximum Gasteiger partial charge on any atom is 0.0701 e. The first kappa shape index (κ1) is 10.7. The van der Waals surface area contributed by atoms with Crippen LogP contribution in [0.5, 0.6) is 0 Å². The van der Waals surface area contributed by atoms with Crippen molar-refractivity contribution in [2.75, 3.05) is 5.33 Å². The molecule has 1 atom stereocenters. The average molecular weight is 312 g/mol. The molecule has 1 aromatic heterocycles. The quantitative estimate of drug-likeness (QED) is 0.719. The molecular formula is C9H12Br2S. The summed E-state index contributed by atoms with van der Waals surface area (Å²) in [6.07, 6.45) is 2.46. The van der Waals surface area contributed by atoms with Crippen molar-refractivity contribution < 1.29 is 0 Å². The van der Waals surface area contributed by atoms with E-state index in [-0.39, 0.29) is 0 Å². The lowest BCUT2D eigenvalue weighted by atomic mass is 10.0. The summed E-state index contributed by atoms with van der Waals surface area (Å²) in [5.74, 6) is 0.788. The molecule has 0 saturated heterocycles. The highest BCUT2D eigenvalue weighted by Crippen LogP contribution is 2.25. The third-order valence-electron chi connectivity index (χ3n) is 1.91. The summed E-state index contributed by atoms with van der Waals surface area (Å²) in [7, 11) is 0. The molecule has 0 aliphatic rings. The van der Waals surface area contributed by atoms with Crippen LogP contribution in [0.3, 0.4) is 0 Å². The second-order valence-electron chi connectivity index (χ2n) is 2.84. The fourth-order valence-corrected chi connectivity index (χ4v) is 3.34. The van der Waals surface area contributed by atoms with Gasteiger partial charge < -0.3 is 0 Å². The lowest BCUT2D eigenvalue weighted by Gasteiger charge is -2.08. The molecule has 68 valence electrons. The van der Waals surface area contributed by atoms with Crippen LogP contribution in [-0.4, -0.2) is 5.33 Å². The predicted molar refractivity (Wildman–Crippen MR) is 63.3 cm³/mol. The highest BCUT2D eigenvalue weighted by atomic mass is 79.9. The van der Waals surface area contributed by atoms with Crippen LogP contribution in [0.15, 0.2) is 15.9 Å². The fourth-order valence-electron chi connectivity index (χ4n) is 1.05. The van der Waals surface area contributed by atoms with Gasteiger partial charge in [-0.05, 0) is 40.4 Å². The topological polar surface area (TPSA) is 0 Å². The Morgan fingerprint density at radius 1 is 1.50 bits per heavy atom. The number of hydrogen-bond donors (Lipinski definition) is 0. The number of rotatable bonds is 4. The lowest BCUT2D eigenvalue weighted by Crippen LogP contribution is -2.02. The molecule has 3 heteroatoms. The Bertz CT molecular complexity index is 228. The molecule has 1 unspecified atom stereocenters. The second kappa shape index (κ2) is 5.40. The van der Waals surface area contributed by atoms with Crippen LogP contribution in [0, 0.1) is 5.92 Å². The first-order valence-corrected chi connectivity index (χ1v) is 6.79. The summed E-state index contributed by atoms with van der Waals surface area (Å²) in [5.41, 5.74) is 0. The molecule has 0 aromatic carbocycles. The standard InChI is InChI=1S/C9H12Br2S/c1-2-7(6-10)5-8-3-4-9(11)12-8/h3-4,7H,2,5-6H2,1H3. The Hall–Kier alpha value is 0.660. The van der Waals surface area contributed by atoms with Crippen LogP contribution in [0.25, 0.3) is 0 Å². The van der Waals surface area contributed by atoms with Gasteiger partial charge in [0.05, 0.1) is 3.79 Å². The smallest absolute Gasteiger partial charge is 0.0701 e. The summed E-state index contributed by atoms with van der Waals surface area (Å²) in [6.45, 7) is 2.24. The summed E-state index contributed by atoms with van der Waals surface area (Å²) in [4.78, 5) is 1.48. The third kappa shape index (κ3) is 3.19. The minimum absolute atomic E-state index is 0.788. The van der Waals surface area contributed by atoms with Gasteiger partial charge in [-0.2, -0.15) is 0 Å². The summed E-state index contributed by atoms with van der Waals surface area (Å²) < 4.78 is 1.24. The van der Waals surface area contributed by atoms with Crippen LogP contribution in [-0.2, 0) is 6.42 Å². The van der Waals surface area contributed by atoms with Gasteiger partial charge in [-0.1, -0.05) is 29.3 Å². The second-order valence-corrected chi connectivity index (χ2v) is 6.03. The van der Waals surface area contributed by atoms with Gasteiger partial charge in [-0.25, -0.2) is 0 Å². The Kier molecular flexibility index (Phi) is 4.84. The Balaban J connectivity index is 2.50. The van der Waals surface area contributed by atoms with Gasteiger partial charge in [0.1, 0.15) is 0 Å². The highest BCUT2D eigenvalue weighted by molar-refractivity contribution is 9.11. The maximum atomic E-state index is 3.53. The summed E-state index contributed by atoms with van der Waals surface area (Å²) in [6, 6.07) is 4.33.